The third-order valence-electron chi connectivity index (χ3n) is 5.25. The first-order valence-electron chi connectivity index (χ1n) is 10.1. The number of carbonyl (C=O) groups excluding carboxylic acids is 1. The fourth-order valence-electron chi connectivity index (χ4n) is 3.59. The summed E-state index contributed by atoms with van der Waals surface area (Å²) in [5.74, 6) is 0.552. The van der Waals surface area contributed by atoms with E-state index in [1.807, 2.05) is 44.5 Å². The third-order valence-corrected chi connectivity index (χ3v) is 5.84. The maximum absolute atomic E-state index is 12.8. The Kier molecular flexibility index (Phi) is 6.13. The Morgan fingerprint density at radius 2 is 1.78 bits per heavy atom. The zero-order valence-electron chi connectivity index (χ0n) is 18.2. The third kappa shape index (κ3) is 4.59. The summed E-state index contributed by atoms with van der Waals surface area (Å²) in [7, 11) is 0. The van der Waals surface area contributed by atoms with Crippen LogP contribution >= 0.6 is 23.2 Å². The van der Waals surface area contributed by atoms with Gasteiger partial charge in [0.2, 0.25) is 0 Å². The smallest absolute Gasteiger partial charge is 0.291 e. The molecule has 32 heavy (non-hydrogen) atoms. The number of benzene rings is 1. The number of aromatic nitrogens is 4. The molecule has 4 aromatic rings. The van der Waals surface area contributed by atoms with Crippen molar-refractivity contribution in [2.24, 2.45) is 0 Å². The lowest BCUT2D eigenvalue weighted by atomic mass is 10.2. The van der Waals surface area contributed by atoms with Crippen molar-refractivity contribution in [2.45, 2.75) is 40.8 Å². The van der Waals surface area contributed by atoms with E-state index in [4.69, 9.17) is 27.6 Å². The minimum absolute atomic E-state index is 0.230. The first-order valence-corrected chi connectivity index (χ1v) is 10.9. The number of nitrogens with zero attached hydrogens (tertiary/aromatic N) is 4. The van der Waals surface area contributed by atoms with Crippen molar-refractivity contribution in [3.63, 3.8) is 0 Å². The zero-order chi connectivity index (χ0) is 23.0. The van der Waals surface area contributed by atoms with Gasteiger partial charge in [-0.05, 0) is 63.6 Å². The minimum Gasteiger partial charge on any atom is -0.454 e. The molecular weight excluding hydrogens is 449 g/mol. The summed E-state index contributed by atoms with van der Waals surface area (Å²) in [5.41, 5.74) is 5.03. The van der Waals surface area contributed by atoms with Crippen molar-refractivity contribution in [3.8, 4) is 0 Å². The van der Waals surface area contributed by atoms with E-state index in [1.165, 1.54) is 0 Å². The highest BCUT2D eigenvalue weighted by atomic mass is 35.5. The topological polar surface area (TPSA) is 77.9 Å². The molecule has 166 valence electrons. The van der Waals surface area contributed by atoms with E-state index in [2.05, 4.69) is 15.5 Å². The van der Waals surface area contributed by atoms with E-state index in [9.17, 15) is 4.79 Å². The number of nitrogens with one attached hydrogen (secondary N) is 1. The standard InChI is InChI=1S/C23H23Cl2N5O2/c1-13-9-14(2)29(27-13)12-19-7-8-21(32-19)23(31)26-22-15(3)28-30(16(22)4)11-17-5-6-18(24)10-20(17)25/h5-10H,11-12H2,1-4H3,(H,26,31). The Labute approximate surface area is 195 Å². The average Bonchev–Trinajstić information content (AvgIpc) is 3.39. The van der Waals surface area contributed by atoms with Crippen molar-refractivity contribution < 1.29 is 9.21 Å². The molecule has 9 heteroatoms. The van der Waals surface area contributed by atoms with Crippen LogP contribution in [0.1, 0.15) is 44.7 Å². The van der Waals surface area contributed by atoms with Crippen molar-refractivity contribution >= 4 is 34.8 Å². The second-order valence-corrected chi connectivity index (χ2v) is 8.59. The fourth-order valence-corrected chi connectivity index (χ4v) is 4.05. The van der Waals surface area contributed by atoms with Crippen LogP contribution in [0.4, 0.5) is 5.69 Å². The fraction of sp³-hybridized carbons (Fsp3) is 0.261. The molecule has 3 aromatic heterocycles. The zero-order valence-corrected chi connectivity index (χ0v) is 19.8. The summed E-state index contributed by atoms with van der Waals surface area (Å²) < 4.78 is 9.41. The van der Waals surface area contributed by atoms with Gasteiger partial charge in [-0.15, -0.1) is 0 Å². The molecule has 0 radical (unpaired) electrons. The number of hydrogen-bond donors (Lipinski definition) is 1. The lowest BCUT2D eigenvalue weighted by Crippen LogP contribution is -2.12. The number of aryl methyl sites for hydroxylation is 3. The second kappa shape index (κ2) is 8.84. The van der Waals surface area contributed by atoms with Crippen LogP contribution in [0.3, 0.4) is 0 Å². The normalized spacial score (nSPS) is 11.2. The molecule has 0 aliphatic heterocycles. The van der Waals surface area contributed by atoms with Gasteiger partial charge in [0, 0.05) is 15.7 Å². The predicted octanol–water partition coefficient (Wildman–Crippen LogP) is 5.56. The van der Waals surface area contributed by atoms with Gasteiger partial charge in [0.1, 0.15) is 5.76 Å². The Balaban J connectivity index is 1.49. The van der Waals surface area contributed by atoms with Crippen LogP contribution in [-0.2, 0) is 13.1 Å². The molecule has 1 aromatic carbocycles. The first-order chi connectivity index (χ1) is 15.2. The second-order valence-electron chi connectivity index (χ2n) is 7.74. The number of anilines is 1. The number of carbonyl (C=O) groups is 1. The van der Waals surface area contributed by atoms with Crippen LogP contribution in [0.25, 0.3) is 0 Å². The van der Waals surface area contributed by atoms with E-state index in [-0.39, 0.29) is 11.7 Å². The van der Waals surface area contributed by atoms with E-state index >= 15 is 0 Å². The van der Waals surface area contributed by atoms with E-state index in [0.717, 1.165) is 22.6 Å². The van der Waals surface area contributed by atoms with Crippen LogP contribution in [0.5, 0.6) is 0 Å². The highest BCUT2D eigenvalue weighted by molar-refractivity contribution is 6.35. The minimum atomic E-state index is -0.333. The van der Waals surface area contributed by atoms with Crippen LogP contribution in [0, 0.1) is 27.7 Å². The average molecular weight is 472 g/mol. The lowest BCUT2D eigenvalue weighted by molar-refractivity contribution is 0.0994. The highest BCUT2D eigenvalue weighted by Crippen LogP contribution is 2.25. The number of furan rings is 1. The van der Waals surface area contributed by atoms with Crippen molar-refractivity contribution in [1.29, 1.82) is 0 Å². The van der Waals surface area contributed by atoms with Crippen molar-refractivity contribution in [3.05, 3.63) is 86.3 Å². The van der Waals surface area contributed by atoms with Gasteiger partial charge in [0.15, 0.2) is 5.76 Å². The van der Waals surface area contributed by atoms with Crippen molar-refractivity contribution in [1.82, 2.24) is 19.6 Å². The Morgan fingerprint density at radius 3 is 2.47 bits per heavy atom. The van der Waals surface area contributed by atoms with E-state index in [1.54, 1.807) is 28.9 Å². The molecule has 0 saturated carbocycles. The Bertz CT molecular complexity index is 1300. The quantitative estimate of drug-likeness (QED) is 0.399. The van der Waals surface area contributed by atoms with Gasteiger partial charge in [-0.25, -0.2) is 0 Å². The Hall–Kier alpha value is -3.03. The van der Waals surface area contributed by atoms with Gasteiger partial charge in [0.25, 0.3) is 5.91 Å². The van der Waals surface area contributed by atoms with Crippen molar-refractivity contribution in [2.75, 3.05) is 5.32 Å². The molecule has 0 atom stereocenters. The van der Waals surface area contributed by atoms with E-state index < -0.39 is 0 Å². The van der Waals surface area contributed by atoms with Gasteiger partial charge >= 0.3 is 0 Å². The number of rotatable bonds is 6. The molecule has 0 unspecified atom stereocenters. The maximum atomic E-state index is 12.8. The van der Waals surface area contributed by atoms with Gasteiger partial charge < -0.3 is 9.73 Å². The number of amides is 1. The van der Waals surface area contributed by atoms with Crippen LogP contribution < -0.4 is 5.32 Å². The largest absolute Gasteiger partial charge is 0.454 e. The Morgan fingerprint density at radius 1 is 1.00 bits per heavy atom. The molecule has 3 heterocycles. The molecule has 0 saturated heterocycles. The molecule has 0 fully saturated rings. The monoisotopic (exact) mass is 471 g/mol. The molecule has 0 aliphatic carbocycles. The molecule has 0 aliphatic rings. The first kappa shape index (κ1) is 22.2. The van der Waals surface area contributed by atoms with Gasteiger partial charge in [-0.1, -0.05) is 29.3 Å². The summed E-state index contributed by atoms with van der Waals surface area (Å²) in [6, 6.07) is 10.8. The van der Waals surface area contributed by atoms with Gasteiger partial charge in [-0.2, -0.15) is 10.2 Å². The molecule has 0 spiro atoms. The molecule has 0 bridgehead atoms. The lowest BCUT2D eigenvalue weighted by Gasteiger charge is -2.08. The molecule has 7 nitrogen and oxygen atoms in total. The van der Waals surface area contributed by atoms with Crippen LogP contribution in [0.2, 0.25) is 10.0 Å². The number of hydrogen-bond acceptors (Lipinski definition) is 4. The summed E-state index contributed by atoms with van der Waals surface area (Å²) in [6.07, 6.45) is 0. The van der Waals surface area contributed by atoms with Gasteiger partial charge in [-0.3, -0.25) is 14.2 Å². The van der Waals surface area contributed by atoms with Gasteiger partial charge in [0.05, 0.1) is 35.9 Å². The summed E-state index contributed by atoms with van der Waals surface area (Å²) in [5, 5.41) is 13.1. The SMILES string of the molecule is Cc1cc(C)n(Cc2ccc(C(=O)Nc3c(C)nn(Cc4ccc(Cl)cc4Cl)c3C)o2)n1. The molecule has 1 N–H and O–H groups in total. The molecule has 1 amide bonds. The molecule has 4 rings (SSSR count). The summed E-state index contributed by atoms with van der Waals surface area (Å²) in [6.45, 7) is 8.60. The summed E-state index contributed by atoms with van der Waals surface area (Å²) >= 11 is 12.3. The predicted molar refractivity (Wildman–Crippen MR) is 125 cm³/mol. The highest BCUT2D eigenvalue weighted by Gasteiger charge is 2.18. The molecular formula is C23H23Cl2N5O2. The maximum Gasteiger partial charge on any atom is 0.291 e. The van der Waals surface area contributed by atoms with Crippen LogP contribution in [0.15, 0.2) is 40.8 Å². The van der Waals surface area contributed by atoms with E-state index in [0.29, 0.717) is 40.3 Å². The summed E-state index contributed by atoms with van der Waals surface area (Å²) in [4.78, 5) is 12.8. The van der Waals surface area contributed by atoms with Crippen LogP contribution in [-0.4, -0.2) is 25.5 Å². The number of halogens is 2.